The fourth-order valence-corrected chi connectivity index (χ4v) is 4.73. The highest BCUT2D eigenvalue weighted by Crippen LogP contribution is 2.25. The van der Waals surface area contributed by atoms with Gasteiger partial charge < -0.3 is 9.64 Å². The summed E-state index contributed by atoms with van der Waals surface area (Å²) in [4.78, 5) is 25.2. The highest BCUT2D eigenvalue weighted by atomic mass is 35.5. The molecule has 0 aromatic heterocycles. The Kier molecular flexibility index (Phi) is 6.11. The van der Waals surface area contributed by atoms with E-state index in [2.05, 4.69) is 0 Å². The summed E-state index contributed by atoms with van der Waals surface area (Å²) in [5.74, 6) is -1.07. The Morgan fingerprint density at radius 2 is 1.92 bits per heavy atom. The third-order valence-corrected chi connectivity index (χ3v) is 6.35. The molecular formula is C15H17Cl2NO5S. The first-order chi connectivity index (χ1) is 11.2. The number of halogens is 2. The number of amides is 1. The van der Waals surface area contributed by atoms with Crippen LogP contribution in [0.25, 0.3) is 0 Å². The number of benzene rings is 1. The first-order valence-electron chi connectivity index (χ1n) is 7.24. The molecule has 6 nitrogen and oxygen atoms in total. The maximum Gasteiger partial charge on any atom is 0.310 e. The summed E-state index contributed by atoms with van der Waals surface area (Å²) >= 11 is 12.0. The molecule has 0 spiro atoms. The van der Waals surface area contributed by atoms with Crippen molar-refractivity contribution in [3.63, 3.8) is 0 Å². The van der Waals surface area contributed by atoms with Crippen molar-refractivity contribution in [2.24, 2.45) is 0 Å². The van der Waals surface area contributed by atoms with Gasteiger partial charge in [0.25, 0.3) is 5.91 Å². The van der Waals surface area contributed by atoms with E-state index < -0.39 is 28.3 Å². The van der Waals surface area contributed by atoms with Gasteiger partial charge >= 0.3 is 5.97 Å². The number of hydrogen-bond acceptors (Lipinski definition) is 5. The zero-order valence-corrected chi connectivity index (χ0v) is 15.3. The Bertz CT molecular complexity index is 730. The van der Waals surface area contributed by atoms with Gasteiger partial charge in [0.2, 0.25) is 0 Å². The van der Waals surface area contributed by atoms with E-state index in [1.165, 1.54) is 11.9 Å². The largest absolute Gasteiger partial charge is 0.455 e. The average molecular weight is 394 g/mol. The van der Waals surface area contributed by atoms with Gasteiger partial charge in [-0.25, -0.2) is 8.42 Å². The van der Waals surface area contributed by atoms with E-state index in [-0.39, 0.29) is 24.0 Å². The summed E-state index contributed by atoms with van der Waals surface area (Å²) in [5.41, 5.74) is 0.438. The van der Waals surface area contributed by atoms with Crippen molar-refractivity contribution in [2.45, 2.75) is 18.9 Å². The van der Waals surface area contributed by atoms with Crippen molar-refractivity contribution in [2.75, 3.05) is 25.2 Å². The van der Waals surface area contributed by atoms with Gasteiger partial charge in [0.15, 0.2) is 16.4 Å². The van der Waals surface area contributed by atoms with Gasteiger partial charge in [-0.3, -0.25) is 9.59 Å². The molecule has 9 heteroatoms. The van der Waals surface area contributed by atoms with Gasteiger partial charge in [0.1, 0.15) is 0 Å². The zero-order valence-electron chi connectivity index (χ0n) is 13.0. The second kappa shape index (κ2) is 7.72. The maximum absolute atomic E-state index is 12.0. The van der Waals surface area contributed by atoms with Crippen LogP contribution in [0.2, 0.25) is 10.0 Å². The van der Waals surface area contributed by atoms with E-state index in [1.807, 2.05) is 0 Å². The Morgan fingerprint density at radius 1 is 1.29 bits per heavy atom. The minimum absolute atomic E-state index is 0.0571. The minimum atomic E-state index is -3.09. The SMILES string of the molecule is CN(C(=O)COC(=O)Cc1c(Cl)cccc1Cl)[C@H]1CCS(=O)(=O)C1. The lowest BCUT2D eigenvalue weighted by Crippen LogP contribution is -2.40. The Labute approximate surface area is 150 Å². The molecule has 1 aromatic rings. The van der Waals surface area contributed by atoms with E-state index >= 15 is 0 Å². The highest BCUT2D eigenvalue weighted by Gasteiger charge is 2.32. The van der Waals surface area contributed by atoms with Crippen LogP contribution in [0.15, 0.2) is 18.2 Å². The van der Waals surface area contributed by atoms with E-state index in [0.717, 1.165) is 0 Å². The standard InChI is InChI=1S/C15H17Cl2NO5S/c1-18(10-5-6-24(21,22)9-10)14(19)8-23-15(20)7-11-12(16)3-2-4-13(11)17/h2-4,10H,5-9H2,1H3/t10-/m0/s1. The number of likely N-dealkylation sites (N-methyl/N-ethyl adjacent to an activating group) is 1. The molecule has 0 unspecified atom stereocenters. The lowest BCUT2D eigenvalue weighted by atomic mass is 10.1. The average Bonchev–Trinajstić information content (AvgIpc) is 2.88. The van der Waals surface area contributed by atoms with E-state index in [9.17, 15) is 18.0 Å². The molecule has 24 heavy (non-hydrogen) atoms. The molecule has 1 aliphatic rings. The van der Waals surface area contributed by atoms with Crippen LogP contribution in [0.1, 0.15) is 12.0 Å². The minimum Gasteiger partial charge on any atom is -0.455 e. The normalized spacial score (nSPS) is 19.0. The van der Waals surface area contributed by atoms with Crippen LogP contribution in [0, 0.1) is 0 Å². The number of carbonyl (C=O) groups is 2. The first kappa shape index (κ1) is 19.0. The number of rotatable bonds is 5. The van der Waals surface area contributed by atoms with Crippen LogP contribution < -0.4 is 0 Å². The number of nitrogens with zero attached hydrogens (tertiary/aromatic N) is 1. The van der Waals surface area contributed by atoms with Crippen LogP contribution in [0.4, 0.5) is 0 Å². The summed E-state index contributed by atoms with van der Waals surface area (Å²) in [6.07, 6.45) is 0.251. The number of ether oxygens (including phenoxy) is 1. The fourth-order valence-electron chi connectivity index (χ4n) is 2.43. The van der Waals surface area contributed by atoms with Crippen LogP contribution in [-0.2, 0) is 30.6 Å². The van der Waals surface area contributed by atoms with Crippen molar-refractivity contribution in [1.29, 1.82) is 0 Å². The Morgan fingerprint density at radius 3 is 2.46 bits per heavy atom. The summed E-state index contributed by atoms with van der Waals surface area (Å²) < 4.78 is 27.9. The molecule has 2 rings (SSSR count). The number of esters is 1. The van der Waals surface area contributed by atoms with Crippen molar-refractivity contribution >= 4 is 44.9 Å². The van der Waals surface area contributed by atoms with Gasteiger partial charge in [-0.15, -0.1) is 0 Å². The maximum atomic E-state index is 12.0. The zero-order chi connectivity index (χ0) is 17.9. The van der Waals surface area contributed by atoms with E-state index in [0.29, 0.717) is 22.0 Å². The van der Waals surface area contributed by atoms with Crippen LogP contribution >= 0.6 is 23.2 Å². The molecule has 0 N–H and O–H groups in total. The first-order valence-corrected chi connectivity index (χ1v) is 9.82. The molecule has 1 aromatic carbocycles. The molecule has 132 valence electrons. The Balaban J connectivity index is 1.86. The quantitative estimate of drug-likeness (QED) is 0.711. The summed E-state index contributed by atoms with van der Waals surface area (Å²) in [5, 5.41) is 0.693. The van der Waals surface area contributed by atoms with Gasteiger partial charge in [-0.2, -0.15) is 0 Å². The van der Waals surface area contributed by atoms with E-state index in [1.54, 1.807) is 18.2 Å². The smallest absolute Gasteiger partial charge is 0.310 e. The molecular weight excluding hydrogens is 377 g/mol. The van der Waals surface area contributed by atoms with Crippen LogP contribution in [-0.4, -0.2) is 56.4 Å². The number of carbonyl (C=O) groups excluding carboxylic acids is 2. The molecule has 0 saturated carbocycles. The molecule has 1 saturated heterocycles. The summed E-state index contributed by atoms with van der Waals surface area (Å²) in [6, 6.07) is 4.50. The van der Waals surface area contributed by atoms with Crippen molar-refractivity contribution < 1.29 is 22.7 Å². The van der Waals surface area contributed by atoms with Gasteiger partial charge in [-0.1, -0.05) is 29.3 Å². The molecule has 1 amide bonds. The van der Waals surface area contributed by atoms with Crippen molar-refractivity contribution in [1.82, 2.24) is 4.90 Å². The second-order valence-electron chi connectivity index (χ2n) is 5.60. The molecule has 1 aliphatic heterocycles. The third-order valence-electron chi connectivity index (χ3n) is 3.89. The predicted molar refractivity (Wildman–Crippen MR) is 91.0 cm³/mol. The topological polar surface area (TPSA) is 80.8 Å². The van der Waals surface area contributed by atoms with Crippen LogP contribution in [0.5, 0.6) is 0 Å². The summed E-state index contributed by atoms with van der Waals surface area (Å²) in [6.45, 7) is -0.450. The second-order valence-corrected chi connectivity index (χ2v) is 8.64. The monoisotopic (exact) mass is 393 g/mol. The molecule has 1 heterocycles. The third kappa shape index (κ3) is 4.84. The number of hydrogen-bond donors (Lipinski definition) is 0. The van der Waals surface area contributed by atoms with Crippen LogP contribution in [0.3, 0.4) is 0 Å². The van der Waals surface area contributed by atoms with Crippen molar-refractivity contribution in [3.8, 4) is 0 Å². The van der Waals surface area contributed by atoms with E-state index in [4.69, 9.17) is 27.9 Å². The predicted octanol–water partition coefficient (Wildman–Crippen LogP) is 1.72. The molecule has 0 bridgehead atoms. The highest BCUT2D eigenvalue weighted by molar-refractivity contribution is 7.91. The number of sulfone groups is 1. The van der Waals surface area contributed by atoms with Gasteiger partial charge in [-0.05, 0) is 18.6 Å². The van der Waals surface area contributed by atoms with Crippen molar-refractivity contribution in [3.05, 3.63) is 33.8 Å². The van der Waals surface area contributed by atoms with Gasteiger partial charge in [0.05, 0.1) is 17.9 Å². The fraction of sp³-hybridized carbons (Fsp3) is 0.467. The lowest BCUT2D eigenvalue weighted by Gasteiger charge is -2.23. The summed E-state index contributed by atoms with van der Waals surface area (Å²) in [7, 11) is -1.58. The van der Waals surface area contributed by atoms with Gasteiger partial charge in [0, 0.05) is 28.7 Å². The molecule has 0 aliphatic carbocycles. The Hall–Kier alpha value is -1.31. The molecule has 0 radical (unpaired) electrons. The molecule has 1 atom stereocenters. The molecule has 1 fully saturated rings. The lowest BCUT2D eigenvalue weighted by molar-refractivity contribution is -0.151.